The molecule has 8 heteroatoms. The van der Waals surface area contributed by atoms with Gasteiger partial charge in [0.1, 0.15) is 0 Å². The van der Waals surface area contributed by atoms with Crippen molar-refractivity contribution in [3.63, 3.8) is 0 Å². The van der Waals surface area contributed by atoms with Crippen LogP contribution >= 0.6 is 0 Å². The summed E-state index contributed by atoms with van der Waals surface area (Å²) in [6, 6.07) is 8.48. The Hall–Kier alpha value is -3.26. The van der Waals surface area contributed by atoms with Gasteiger partial charge in [-0.1, -0.05) is 56.5 Å². The van der Waals surface area contributed by atoms with Gasteiger partial charge in [0.25, 0.3) is 11.6 Å². The number of hydrogen-bond acceptors (Lipinski definition) is 6. The minimum atomic E-state index is -0.0591. The zero-order chi connectivity index (χ0) is 30.0. The van der Waals surface area contributed by atoms with Crippen molar-refractivity contribution in [3.05, 3.63) is 52.3 Å². The van der Waals surface area contributed by atoms with E-state index in [0.717, 1.165) is 67.7 Å². The Bertz CT molecular complexity index is 1420. The van der Waals surface area contributed by atoms with Crippen LogP contribution in [0, 0.1) is 19.8 Å². The van der Waals surface area contributed by atoms with E-state index in [1.54, 1.807) is 0 Å². The number of pyridine rings is 1. The first-order chi connectivity index (χ1) is 20.2. The van der Waals surface area contributed by atoms with Crippen LogP contribution < -0.4 is 4.90 Å². The monoisotopic (exact) mass is 573 g/mol. The summed E-state index contributed by atoms with van der Waals surface area (Å²) in [4.78, 5) is 39.8. The van der Waals surface area contributed by atoms with Crippen LogP contribution in [-0.4, -0.2) is 64.0 Å². The summed E-state index contributed by atoms with van der Waals surface area (Å²) in [5.41, 5.74) is 5.53. The van der Waals surface area contributed by atoms with Gasteiger partial charge in [-0.25, -0.2) is 4.98 Å². The number of rotatable bonds is 4. The van der Waals surface area contributed by atoms with Gasteiger partial charge in [0.05, 0.1) is 22.3 Å². The Morgan fingerprint density at radius 1 is 0.952 bits per heavy atom. The molecule has 0 saturated heterocycles. The molecular weight excluding hydrogens is 526 g/mol. The van der Waals surface area contributed by atoms with Gasteiger partial charge in [0, 0.05) is 50.4 Å². The molecule has 2 aromatic heterocycles. The Morgan fingerprint density at radius 3 is 2.43 bits per heavy atom. The number of fused-ring (bicyclic) bond motifs is 2. The predicted octanol–water partition coefficient (Wildman–Crippen LogP) is 6.63. The van der Waals surface area contributed by atoms with Gasteiger partial charge in [-0.05, 0) is 70.1 Å². The molecule has 5 rings (SSSR count). The van der Waals surface area contributed by atoms with Gasteiger partial charge in [-0.3, -0.25) is 14.5 Å². The van der Waals surface area contributed by atoms with E-state index >= 15 is 0 Å². The van der Waals surface area contributed by atoms with Crippen LogP contribution in [0.4, 0.5) is 5.69 Å². The van der Waals surface area contributed by atoms with Crippen LogP contribution in [0.25, 0.3) is 11.1 Å². The first-order valence-corrected chi connectivity index (χ1v) is 15.9. The molecule has 1 saturated carbocycles. The fraction of sp³-hybridized carbons (Fsp3) is 0.588. The fourth-order valence-corrected chi connectivity index (χ4v) is 6.65. The fourth-order valence-electron chi connectivity index (χ4n) is 6.65. The third-order valence-corrected chi connectivity index (χ3v) is 9.13. The summed E-state index contributed by atoms with van der Waals surface area (Å²) in [6.07, 6.45) is 6.28. The number of benzene rings is 1. The number of carbonyl (C=O) groups is 2. The van der Waals surface area contributed by atoms with E-state index in [2.05, 4.69) is 66.7 Å². The Morgan fingerprint density at radius 2 is 1.71 bits per heavy atom. The molecule has 0 atom stereocenters. The summed E-state index contributed by atoms with van der Waals surface area (Å²) < 4.78 is 5.55. The zero-order valence-electron chi connectivity index (χ0n) is 26.3. The van der Waals surface area contributed by atoms with Crippen LogP contribution in [0.2, 0.25) is 0 Å². The lowest BCUT2D eigenvalue weighted by atomic mass is 9.87. The molecule has 1 aliphatic heterocycles. The Labute approximate surface area is 250 Å². The number of amides is 2. The molecule has 3 aromatic rings. The van der Waals surface area contributed by atoms with Crippen molar-refractivity contribution in [1.29, 1.82) is 0 Å². The normalized spacial score (nSPS) is 18.0. The van der Waals surface area contributed by atoms with E-state index < -0.39 is 0 Å². The molecule has 0 N–H and O–H groups in total. The van der Waals surface area contributed by atoms with Crippen LogP contribution in [0.3, 0.4) is 0 Å². The molecule has 3 heterocycles. The van der Waals surface area contributed by atoms with E-state index in [1.165, 1.54) is 6.42 Å². The van der Waals surface area contributed by atoms with Crippen molar-refractivity contribution in [1.82, 2.24) is 19.9 Å². The van der Waals surface area contributed by atoms with Crippen LogP contribution in [0.1, 0.15) is 105 Å². The molecule has 2 amide bonds. The average molecular weight is 574 g/mol. The summed E-state index contributed by atoms with van der Waals surface area (Å²) in [5, 5.41) is 4.83. The number of nitrogens with zero attached hydrogens (tertiary/aromatic N) is 5. The molecule has 226 valence electrons. The second-order valence-electron chi connectivity index (χ2n) is 12.8. The quantitative estimate of drug-likeness (QED) is 0.348. The molecule has 0 radical (unpaired) electrons. The highest BCUT2D eigenvalue weighted by molar-refractivity contribution is 6.06. The minimum absolute atomic E-state index is 0.0591. The highest BCUT2D eigenvalue weighted by atomic mass is 16.5. The second-order valence-corrected chi connectivity index (χ2v) is 12.8. The number of para-hydroxylation sites is 1. The smallest absolute Gasteiger partial charge is 0.259 e. The maximum absolute atomic E-state index is 14.6. The third kappa shape index (κ3) is 6.24. The van der Waals surface area contributed by atoms with Crippen LogP contribution in [0.5, 0.6) is 0 Å². The largest absolute Gasteiger partial charge is 0.336 e. The maximum Gasteiger partial charge on any atom is 0.259 e. The summed E-state index contributed by atoms with van der Waals surface area (Å²) >= 11 is 0. The topological polar surface area (TPSA) is 82.8 Å². The summed E-state index contributed by atoms with van der Waals surface area (Å²) in [7, 11) is 0. The first kappa shape index (κ1) is 30.2. The van der Waals surface area contributed by atoms with Crippen molar-refractivity contribution >= 4 is 28.6 Å². The molecule has 1 fully saturated rings. The second kappa shape index (κ2) is 12.9. The SMILES string of the molecule is Cc1cccc2c1N(C(=O)C1CCCCC1)CCCN(C(C)C)CCN(C(=O)c1cc(C(C)C)nc3onc(C)c13)C2. The molecular formula is C34H47N5O3. The Kier molecular flexibility index (Phi) is 9.31. The molecule has 0 unspecified atom stereocenters. The van der Waals surface area contributed by atoms with Crippen molar-refractivity contribution < 1.29 is 14.1 Å². The van der Waals surface area contributed by atoms with Crippen molar-refractivity contribution in [3.8, 4) is 0 Å². The van der Waals surface area contributed by atoms with Gasteiger partial charge >= 0.3 is 0 Å². The van der Waals surface area contributed by atoms with Crippen LogP contribution in [0.15, 0.2) is 28.8 Å². The van der Waals surface area contributed by atoms with E-state index in [9.17, 15) is 9.59 Å². The molecule has 1 aliphatic carbocycles. The summed E-state index contributed by atoms with van der Waals surface area (Å²) in [5.74, 6) is 0.395. The van der Waals surface area contributed by atoms with Crippen molar-refractivity contribution in [2.24, 2.45) is 5.92 Å². The highest BCUT2D eigenvalue weighted by Crippen LogP contribution is 2.33. The summed E-state index contributed by atoms with van der Waals surface area (Å²) in [6.45, 7) is 15.8. The lowest BCUT2D eigenvalue weighted by Gasteiger charge is -2.33. The highest BCUT2D eigenvalue weighted by Gasteiger charge is 2.31. The van der Waals surface area contributed by atoms with Gasteiger partial charge in [-0.15, -0.1) is 0 Å². The number of aryl methyl sites for hydroxylation is 2. The van der Waals surface area contributed by atoms with Crippen LogP contribution in [-0.2, 0) is 11.3 Å². The number of aromatic nitrogens is 2. The standard InChI is InChI=1S/C34H47N5O3/c1-22(2)29-20-28(30-25(6)36-42-32(30)35-29)34(41)38-19-18-37(23(3)4)16-11-17-39(33(40)26-13-8-7-9-14-26)31-24(5)12-10-15-27(31)21-38/h10,12,15,20,22-23,26H,7-9,11,13-14,16-19,21H2,1-6H3. The molecule has 0 spiro atoms. The van der Waals surface area contributed by atoms with Gasteiger partial charge in [-0.2, -0.15) is 0 Å². The molecule has 42 heavy (non-hydrogen) atoms. The first-order valence-electron chi connectivity index (χ1n) is 15.9. The lowest BCUT2D eigenvalue weighted by Crippen LogP contribution is -2.42. The zero-order valence-corrected chi connectivity index (χ0v) is 26.3. The molecule has 2 aliphatic rings. The third-order valence-electron chi connectivity index (χ3n) is 9.13. The van der Waals surface area contributed by atoms with Gasteiger partial charge in [0.2, 0.25) is 5.91 Å². The predicted molar refractivity (Wildman–Crippen MR) is 167 cm³/mol. The van der Waals surface area contributed by atoms with Gasteiger partial charge < -0.3 is 14.3 Å². The maximum atomic E-state index is 14.6. The molecule has 8 nitrogen and oxygen atoms in total. The average Bonchev–Trinajstić information content (AvgIpc) is 3.34. The van der Waals surface area contributed by atoms with Gasteiger partial charge in [0.15, 0.2) is 0 Å². The van der Waals surface area contributed by atoms with Crippen molar-refractivity contribution in [2.75, 3.05) is 31.1 Å². The molecule has 1 aromatic carbocycles. The number of anilines is 1. The number of hydrogen-bond donors (Lipinski definition) is 0. The Balaban J connectivity index is 1.59. The van der Waals surface area contributed by atoms with E-state index in [-0.39, 0.29) is 23.7 Å². The van der Waals surface area contributed by atoms with E-state index in [0.29, 0.717) is 48.0 Å². The van der Waals surface area contributed by atoms with E-state index in [4.69, 9.17) is 4.52 Å². The number of carbonyl (C=O) groups excluding carboxylic acids is 2. The molecule has 0 bridgehead atoms. The lowest BCUT2D eigenvalue weighted by molar-refractivity contribution is -0.123. The minimum Gasteiger partial charge on any atom is -0.336 e. The van der Waals surface area contributed by atoms with Crippen molar-refractivity contribution in [2.45, 2.75) is 98.6 Å². The van der Waals surface area contributed by atoms with E-state index in [1.807, 2.05) is 24.0 Å².